The zero-order valence-electron chi connectivity index (χ0n) is 9.55. The second-order valence-corrected chi connectivity index (χ2v) is 5.74. The van der Waals surface area contributed by atoms with Crippen molar-refractivity contribution in [2.75, 3.05) is 0 Å². The van der Waals surface area contributed by atoms with E-state index in [1.807, 2.05) is 31.2 Å². The minimum Gasteiger partial charge on any atom is -0.112 e. The van der Waals surface area contributed by atoms with Gasteiger partial charge in [-0.05, 0) is 41.8 Å². The molecule has 0 bridgehead atoms. The first-order chi connectivity index (χ1) is 8.49. The van der Waals surface area contributed by atoms with Crippen LogP contribution >= 0.6 is 46.4 Å². The summed E-state index contributed by atoms with van der Waals surface area (Å²) >= 11 is 24.7. The van der Waals surface area contributed by atoms with Crippen molar-refractivity contribution in [3.8, 4) is 0 Å². The molecule has 0 aliphatic heterocycles. The monoisotopic (exact) mass is 318 g/mol. The van der Waals surface area contributed by atoms with Gasteiger partial charge in [0.25, 0.3) is 0 Å². The van der Waals surface area contributed by atoms with Gasteiger partial charge in [0.1, 0.15) is 0 Å². The van der Waals surface area contributed by atoms with Crippen LogP contribution in [0.25, 0.3) is 0 Å². The van der Waals surface area contributed by atoms with Crippen molar-refractivity contribution in [2.24, 2.45) is 0 Å². The van der Waals surface area contributed by atoms with Crippen molar-refractivity contribution in [3.05, 3.63) is 68.2 Å². The molecule has 2 aromatic rings. The smallest absolute Gasteiger partial charge is 0.0864 e. The Morgan fingerprint density at radius 1 is 0.833 bits per heavy atom. The normalized spacial score (nSPS) is 12.5. The van der Waals surface area contributed by atoms with E-state index in [9.17, 15) is 0 Å². The van der Waals surface area contributed by atoms with E-state index in [4.69, 9.17) is 46.4 Å². The van der Waals surface area contributed by atoms with Crippen molar-refractivity contribution in [1.29, 1.82) is 0 Å². The largest absolute Gasteiger partial charge is 0.112 e. The summed E-state index contributed by atoms with van der Waals surface area (Å²) in [5.74, 6) is 0. The van der Waals surface area contributed by atoms with Gasteiger partial charge in [-0.2, -0.15) is 0 Å². The molecule has 0 heterocycles. The Bertz CT molecular complexity index is 527. The third-order valence-corrected chi connectivity index (χ3v) is 4.02. The van der Waals surface area contributed by atoms with Gasteiger partial charge in [0.05, 0.1) is 5.38 Å². The summed E-state index contributed by atoms with van der Waals surface area (Å²) in [7, 11) is 0. The maximum Gasteiger partial charge on any atom is 0.0864 e. The van der Waals surface area contributed by atoms with Crippen LogP contribution in [-0.4, -0.2) is 0 Å². The fraction of sp³-hybridized carbons (Fsp3) is 0.143. The highest BCUT2D eigenvalue weighted by Gasteiger charge is 2.17. The van der Waals surface area contributed by atoms with Gasteiger partial charge in [0.15, 0.2) is 0 Å². The van der Waals surface area contributed by atoms with E-state index >= 15 is 0 Å². The number of alkyl halides is 1. The molecule has 0 amide bonds. The molecule has 0 fully saturated rings. The zero-order chi connectivity index (χ0) is 13.3. The SMILES string of the molecule is Cc1ccc(C(Cl)c2ccc(Cl)cc2Cl)c(Cl)c1. The van der Waals surface area contributed by atoms with Crippen LogP contribution < -0.4 is 0 Å². The Labute approximate surface area is 126 Å². The Hall–Kier alpha value is -0.400. The van der Waals surface area contributed by atoms with Crippen LogP contribution in [-0.2, 0) is 0 Å². The molecule has 18 heavy (non-hydrogen) atoms. The van der Waals surface area contributed by atoms with Crippen LogP contribution in [0.15, 0.2) is 36.4 Å². The summed E-state index contributed by atoms with van der Waals surface area (Å²) in [5.41, 5.74) is 2.73. The molecule has 1 unspecified atom stereocenters. The fourth-order valence-electron chi connectivity index (χ4n) is 1.71. The average molecular weight is 320 g/mol. The average Bonchev–Trinajstić information content (AvgIpc) is 2.28. The van der Waals surface area contributed by atoms with Crippen molar-refractivity contribution in [1.82, 2.24) is 0 Å². The lowest BCUT2D eigenvalue weighted by Crippen LogP contribution is -1.96. The Balaban J connectivity index is 2.44. The van der Waals surface area contributed by atoms with Crippen LogP contribution in [0.1, 0.15) is 22.1 Å². The quantitative estimate of drug-likeness (QED) is 0.571. The molecule has 2 aromatic carbocycles. The molecule has 1 atom stereocenters. The molecule has 0 nitrogen and oxygen atoms in total. The summed E-state index contributed by atoms with van der Waals surface area (Å²) in [6.07, 6.45) is 0. The van der Waals surface area contributed by atoms with Gasteiger partial charge in [-0.3, -0.25) is 0 Å². The van der Waals surface area contributed by atoms with Crippen LogP contribution in [0.5, 0.6) is 0 Å². The number of aryl methyl sites for hydroxylation is 1. The first-order valence-corrected chi connectivity index (χ1v) is 6.91. The number of hydrogen-bond acceptors (Lipinski definition) is 0. The number of rotatable bonds is 2. The minimum atomic E-state index is -0.386. The topological polar surface area (TPSA) is 0 Å². The van der Waals surface area contributed by atoms with E-state index in [1.165, 1.54) is 0 Å². The van der Waals surface area contributed by atoms with E-state index in [2.05, 4.69) is 0 Å². The van der Waals surface area contributed by atoms with E-state index in [1.54, 1.807) is 12.1 Å². The summed E-state index contributed by atoms with van der Waals surface area (Å²) < 4.78 is 0. The van der Waals surface area contributed by atoms with Gasteiger partial charge in [-0.15, -0.1) is 11.6 Å². The number of benzene rings is 2. The maximum atomic E-state index is 6.43. The van der Waals surface area contributed by atoms with E-state index < -0.39 is 0 Å². The molecule has 0 aliphatic rings. The summed E-state index contributed by atoms with van der Waals surface area (Å²) in [4.78, 5) is 0. The zero-order valence-corrected chi connectivity index (χ0v) is 12.6. The molecule has 0 N–H and O–H groups in total. The van der Waals surface area contributed by atoms with E-state index in [0.717, 1.165) is 16.7 Å². The molecule has 0 radical (unpaired) electrons. The minimum absolute atomic E-state index is 0.386. The fourth-order valence-corrected chi connectivity index (χ4v) is 3.07. The van der Waals surface area contributed by atoms with Gasteiger partial charge >= 0.3 is 0 Å². The highest BCUT2D eigenvalue weighted by molar-refractivity contribution is 6.36. The summed E-state index contributed by atoms with van der Waals surface area (Å²) in [5, 5.41) is 1.38. The molecule has 0 aliphatic carbocycles. The van der Waals surface area contributed by atoms with Gasteiger partial charge in [0, 0.05) is 15.1 Å². The lowest BCUT2D eigenvalue weighted by atomic mass is 10.0. The standard InChI is InChI=1S/C14H10Cl4/c1-8-2-4-10(12(16)6-8)14(18)11-5-3-9(15)7-13(11)17/h2-7,14H,1H3. The third-order valence-electron chi connectivity index (χ3n) is 2.66. The van der Waals surface area contributed by atoms with Crippen molar-refractivity contribution < 1.29 is 0 Å². The van der Waals surface area contributed by atoms with E-state index in [0.29, 0.717) is 15.1 Å². The Morgan fingerprint density at radius 2 is 1.39 bits per heavy atom. The van der Waals surface area contributed by atoms with Crippen LogP contribution in [0, 0.1) is 6.92 Å². The molecular formula is C14H10Cl4. The predicted molar refractivity (Wildman–Crippen MR) is 80.3 cm³/mol. The molecular weight excluding hydrogens is 310 g/mol. The van der Waals surface area contributed by atoms with Gasteiger partial charge in [-0.25, -0.2) is 0 Å². The number of halogens is 4. The molecule has 2 rings (SSSR count). The highest BCUT2D eigenvalue weighted by atomic mass is 35.5. The molecule has 4 heteroatoms. The predicted octanol–water partition coefficient (Wildman–Crippen LogP) is 6.28. The summed E-state index contributed by atoms with van der Waals surface area (Å²) in [6.45, 7) is 1.98. The van der Waals surface area contributed by atoms with Crippen molar-refractivity contribution in [3.63, 3.8) is 0 Å². The molecule has 0 saturated heterocycles. The summed E-state index contributed by atoms with van der Waals surface area (Å²) in [6, 6.07) is 11.0. The Kier molecular flexibility index (Phi) is 4.45. The van der Waals surface area contributed by atoms with Crippen molar-refractivity contribution >= 4 is 46.4 Å². The van der Waals surface area contributed by atoms with E-state index in [-0.39, 0.29) is 5.38 Å². The van der Waals surface area contributed by atoms with Gasteiger partial charge in [0.2, 0.25) is 0 Å². The lowest BCUT2D eigenvalue weighted by Gasteiger charge is -2.14. The molecule has 0 aromatic heterocycles. The first-order valence-electron chi connectivity index (χ1n) is 5.34. The van der Waals surface area contributed by atoms with Crippen molar-refractivity contribution in [2.45, 2.75) is 12.3 Å². The van der Waals surface area contributed by atoms with Gasteiger partial charge in [-0.1, -0.05) is 53.0 Å². The second-order valence-electron chi connectivity index (χ2n) is 4.05. The van der Waals surface area contributed by atoms with Crippen LogP contribution in [0.2, 0.25) is 15.1 Å². The molecule has 0 saturated carbocycles. The third kappa shape index (κ3) is 2.95. The second kappa shape index (κ2) is 5.71. The van der Waals surface area contributed by atoms with Crippen LogP contribution in [0.3, 0.4) is 0 Å². The molecule has 0 spiro atoms. The lowest BCUT2D eigenvalue weighted by molar-refractivity contribution is 1.14. The van der Waals surface area contributed by atoms with Gasteiger partial charge < -0.3 is 0 Å². The highest BCUT2D eigenvalue weighted by Crippen LogP contribution is 2.38. The van der Waals surface area contributed by atoms with Crippen LogP contribution in [0.4, 0.5) is 0 Å². The molecule has 94 valence electrons. The first kappa shape index (κ1) is 14.0. The number of hydrogen-bond donors (Lipinski definition) is 0. The maximum absolute atomic E-state index is 6.43. The Morgan fingerprint density at radius 3 is 1.94 bits per heavy atom.